The first-order chi connectivity index (χ1) is 8.94. The molecule has 2 N–H and O–H groups in total. The molecule has 1 heterocycles. The van der Waals surface area contributed by atoms with Crippen LogP contribution in [0.3, 0.4) is 0 Å². The predicted octanol–water partition coefficient (Wildman–Crippen LogP) is 2.32. The lowest BCUT2D eigenvalue weighted by Gasteiger charge is -2.25. The van der Waals surface area contributed by atoms with E-state index in [2.05, 4.69) is 31.0 Å². The molecule has 1 fully saturated rings. The van der Waals surface area contributed by atoms with Crippen LogP contribution in [0.4, 0.5) is 0 Å². The second kappa shape index (κ2) is 5.36. The fraction of sp³-hybridized carbons (Fsp3) is 0.533. The lowest BCUT2D eigenvalue weighted by molar-refractivity contribution is 0.0907. The Morgan fingerprint density at radius 3 is 2.84 bits per heavy atom. The van der Waals surface area contributed by atoms with Gasteiger partial charge >= 0.3 is 0 Å². The lowest BCUT2D eigenvalue weighted by Crippen LogP contribution is -2.44. The molecule has 1 aromatic rings. The topological polar surface area (TPSA) is 49.3 Å². The summed E-state index contributed by atoms with van der Waals surface area (Å²) in [6, 6.07) is 1.87. The first-order valence-corrected chi connectivity index (χ1v) is 7.28. The number of amides is 1. The van der Waals surface area contributed by atoms with Crippen molar-refractivity contribution in [1.82, 2.24) is 5.32 Å². The molecule has 19 heavy (non-hydrogen) atoms. The Kier molecular flexibility index (Phi) is 3.98. The van der Waals surface area contributed by atoms with Crippen LogP contribution in [0.1, 0.15) is 46.8 Å². The third-order valence-electron chi connectivity index (χ3n) is 3.46. The Balaban J connectivity index is 2.11. The average Bonchev–Trinajstić information content (AvgIpc) is 3.12. The minimum Gasteiger partial charge on any atom is -0.384 e. The van der Waals surface area contributed by atoms with Crippen LogP contribution in [0.25, 0.3) is 0 Å². The van der Waals surface area contributed by atoms with E-state index in [1.807, 2.05) is 13.0 Å². The highest BCUT2D eigenvalue weighted by Crippen LogP contribution is 2.39. The zero-order valence-corrected chi connectivity index (χ0v) is 12.4. The molecule has 2 rings (SSSR count). The van der Waals surface area contributed by atoms with Crippen molar-refractivity contribution in [2.75, 3.05) is 6.61 Å². The highest BCUT2D eigenvalue weighted by atomic mass is 32.1. The van der Waals surface area contributed by atoms with Gasteiger partial charge < -0.3 is 10.4 Å². The summed E-state index contributed by atoms with van der Waals surface area (Å²) < 4.78 is 0. The summed E-state index contributed by atoms with van der Waals surface area (Å²) in [5.41, 5.74) is 0.853. The van der Waals surface area contributed by atoms with E-state index < -0.39 is 0 Å². The van der Waals surface area contributed by atoms with Crippen molar-refractivity contribution in [3.8, 4) is 11.8 Å². The van der Waals surface area contributed by atoms with E-state index >= 15 is 0 Å². The van der Waals surface area contributed by atoms with Crippen LogP contribution in [-0.2, 0) is 0 Å². The first-order valence-electron chi connectivity index (χ1n) is 6.46. The van der Waals surface area contributed by atoms with Gasteiger partial charge in [-0.1, -0.05) is 11.8 Å². The highest BCUT2D eigenvalue weighted by molar-refractivity contribution is 7.14. The van der Waals surface area contributed by atoms with Crippen LogP contribution in [0.2, 0.25) is 0 Å². The van der Waals surface area contributed by atoms with Gasteiger partial charge in [-0.25, -0.2) is 0 Å². The summed E-state index contributed by atoms with van der Waals surface area (Å²) >= 11 is 1.38. The molecule has 0 atom stereocenters. The van der Waals surface area contributed by atoms with Crippen LogP contribution >= 0.6 is 11.3 Å². The second-order valence-corrected chi connectivity index (χ2v) is 6.58. The number of nitrogens with one attached hydrogen (secondary N) is 1. The maximum Gasteiger partial charge on any atom is 0.261 e. The van der Waals surface area contributed by atoms with Gasteiger partial charge in [0.05, 0.1) is 9.75 Å². The van der Waals surface area contributed by atoms with Gasteiger partial charge in [0.25, 0.3) is 5.91 Å². The molecule has 0 radical (unpaired) electrons. The summed E-state index contributed by atoms with van der Waals surface area (Å²) in [4.78, 5) is 13.8. The predicted molar refractivity (Wildman–Crippen MR) is 77.3 cm³/mol. The van der Waals surface area contributed by atoms with E-state index in [0.717, 1.165) is 10.4 Å². The third kappa shape index (κ3) is 3.37. The van der Waals surface area contributed by atoms with Gasteiger partial charge in [-0.05, 0) is 51.2 Å². The monoisotopic (exact) mass is 277 g/mol. The lowest BCUT2D eigenvalue weighted by atomic mass is 9.99. The van der Waals surface area contributed by atoms with Gasteiger partial charge in [0.15, 0.2) is 0 Å². The van der Waals surface area contributed by atoms with E-state index in [-0.39, 0.29) is 18.1 Å². The van der Waals surface area contributed by atoms with Crippen molar-refractivity contribution in [3.05, 3.63) is 21.4 Å². The first kappa shape index (κ1) is 14.1. The Labute approximate surface area is 118 Å². The molecule has 0 spiro atoms. The normalized spacial score (nSPS) is 14.7. The molecule has 1 aromatic heterocycles. The fourth-order valence-electron chi connectivity index (χ4n) is 2.10. The van der Waals surface area contributed by atoms with E-state index in [1.54, 1.807) is 0 Å². The standard InChI is InChI=1S/C15H19NO2S/c1-10-9-13(19-12(10)5-4-8-17)14(18)16-15(2,3)11-6-7-11/h9,11,17H,6-8H2,1-3H3,(H,16,18). The Morgan fingerprint density at radius 1 is 1.58 bits per heavy atom. The minimum atomic E-state index is -0.159. The summed E-state index contributed by atoms with van der Waals surface area (Å²) in [5.74, 6) is 6.07. The molecule has 1 saturated carbocycles. The van der Waals surface area contributed by atoms with Crippen molar-refractivity contribution in [3.63, 3.8) is 0 Å². The number of hydrogen-bond donors (Lipinski definition) is 2. The van der Waals surface area contributed by atoms with Gasteiger partial charge in [0, 0.05) is 5.54 Å². The Morgan fingerprint density at radius 2 is 2.26 bits per heavy atom. The van der Waals surface area contributed by atoms with Crippen LogP contribution in [0.15, 0.2) is 6.07 Å². The molecule has 0 unspecified atom stereocenters. The van der Waals surface area contributed by atoms with Gasteiger partial charge in [-0.15, -0.1) is 11.3 Å². The number of aryl methyl sites for hydroxylation is 1. The molecule has 102 valence electrons. The van der Waals surface area contributed by atoms with Gasteiger partial charge in [-0.2, -0.15) is 0 Å². The number of carbonyl (C=O) groups is 1. The number of carbonyl (C=O) groups excluding carboxylic acids is 1. The highest BCUT2D eigenvalue weighted by Gasteiger charge is 2.39. The molecule has 0 saturated heterocycles. The largest absolute Gasteiger partial charge is 0.384 e. The van der Waals surface area contributed by atoms with Crippen molar-refractivity contribution in [2.24, 2.45) is 5.92 Å². The number of rotatable bonds is 3. The minimum absolute atomic E-state index is 0.0259. The molecule has 1 amide bonds. The van der Waals surface area contributed by atoms with Crippen LogP contribution in [0.5, 0.6) is 0 Å². The van der Waals surface area contributed by atoms with Crippen molar-refractivity contribution >= 4 is 17.2 Å². The molecule has 0 aliphatic heterocycles. The third-order valence-corrected chi connectivity index (χ3v) is 4.61. The Bertz CT molecular complexity index is 544. The number of aliphatic hydroxyl groups excluding tert-OH is 1. The molecule has 3 nitrogen and oxygen atoms in total. The zero-order chi connectivity index (χ0) is 14.0. The summed E-state index contributed by atoms with van der Waals surface area (Å²) in [7, 11) is 0. The zero-order valence-electron chi connectivity index (χ0n) is 11.5. The van der Waals surface area contributed by atoms with Crippen LogP contribution in [-0.4, -0.2) is 23.2 Å². The Hall–Kier alpha value is -1.31. The van der Waals surface area contributed by atoms with E-state index in [4.69, 9.17) is 5.11 Å². The van der Waals surface area contributed by atoms with Crippen molar-refractivity contribution < 1.29 is 9.90 Å². The quantitative estimate of drug-likeness (QED) is 0.833. The molecular formula is C15H19NO2S. The van der Waals surface area contributed by atoms with Crippen LogP contribution in [0, 0.1) is 24.7 Å². The molecule has 0 aromatic carbocycles. The average molecular weight is 277 g/mol. The van der Waals surface area contributed by atoms with Crippen LogP contribution < -0.4 is 5.32 Å². The van der Waals surface area contributed by atoms with Crippen molar-refractivity contribution in [2.45, 2.75) is 39.2 Å². The maximum absolute atomic E-state index is 12.2. The summed E-state index contributed by atoms with van der Waals surface area (Å²) in [5, 5.41) is 11.8. The SMILES string of the molecule is Cc1cc(C(=O)NC(C)(C)C2CC2)sc1C#CCO. The van der Waals surface area contributed by atoms with Gasteiger partial charge in [-0.3, -0.25) is 4.79 Å². The molecule has 1 aliphatic rings. The van der Waals surface area contributed by atoms with Gasteiger partial charge in [0.2, 0.25) is 0 Å². The van der Waals surface area contributed by atoms with E-state index in [1.165, 1.54) is 24.2 Å². The number of hydrogen-bond acceptors (Lipinski definition) is 3. The fourth-order valence-corrected chi connectivity index (χ4v) is 3.04. The smallest absolute Gasteiger partial charge is 0.261 e. The molecule has 0 bridgehead atoms. The van der Waals surface area contributed by atoms with Crippen molar-refractivity contribution in [1.29, 1.82) is 0 Å². The summed E-state index contributed by atoms with van der Waals surface area (Å²) in [6.07, 6.45) is 2.40. The van der Waals surface area contributed by atoms with E-state index in [0.29, 0.717) is 10.8 Å². The summed E-state index contributed by atoms with van der Waals surface area (Å²) in [6.45, 7) is 5.93. The van der Waals surface area contributed by atoms with Gasteiger partial charge in [0.1, 0.15) is 6.61 Å². The number of aliphatic hydroxyl groups is 1. The van der Waals surface area contributed by atoms with E-state index in [9.17, 15) is 4.79 Å². The maximum atomic E-state index is 12.2. The molecular weight excluding hydrogens is 258 g/mol. The molecule has 4 heteroatoms. The molecule has 1 aliphatic carbocycles. The second-order valence-electron chi connectivity index (χ2n) is 5.53. The number of thiophene rings is 1.